The summed E-state index contributed by atoms with van der Waals surface area (Å²) in [7, 11) is 0. The second kappa shape index (κ2) is 6.54. The summed E-state index contributed by atoms with van der Waals surface area (Å²) in [6.45, 7) is 1.83. The van der Waals surface area contributed by atoms with Crippen LogP contribution in [0.15, 0.2) is 54.6 Å². The van der Waals surface area contributed by atoms with Crippen LogP contribution in [0, 0.1) is 42.4 Å². The van der Waals surface area contributed by atoms with E-state index in [2.05, 4.69) is 12.2 Å². The molecule has 0 aromatic heterocycles. The zero-order valence-electron chi connectivity index (χ0n) is 16.8. The molecule has 3 fully saturated rings. The number of halogens is 1. The zero-order valence-corrected chi connectivity index (χ0v) is 17.6. The molecule has 1 aliphatic heterocycles. The molecule has 2 saturated carbocycles. The first-order valence-corrected chi connectivity index (χ1v) is 11.0. The average Bonchev–Trinajstić information content (AvgIpc) is 3.54. The zero-order chi connectivity index (χ0) is 21.4. The number of carbonyl (C=O) groups is 3. The van der Waals surface area contributed by atoms with Crippen LogP contribution in [0.25, 0.3) is 0 Å². The van der Waals surface area contributed by atoms with Crippen LogP contribution in [0.2, 0.25) is 5.02 Å². The van der Waals surface area contributed by atoms with Gasteiger partial charge in [-0.2, -0.15) is 0 Å². The third-order valence-corrected chi connectivity index (χ3v) is 7.77. The molecule has 0 radical (unpaired) electrons. The molecule has 31 heavy (non-hydrogen) atoms. The Hall–Kier alpha value is -2.92. The number of esters is 1. The minimum absolute atomic E-state index is 0.140. The molecule has 2 amide bonds. The first-order valence-electron chi connectivity index (χ1n) is 10.6. The summed E-state index contributed by atoms with van der Waals surface area (Å²) >= 11 is 6.03. The van der Waals surface area contributed by atoms with Crippen molar-refractivity contribution in [1.29, 1.82) is 0 Å². The van der Waals surface area contributed by atoms with Gasteiger partial charge in [0.1, 0.15) is 5.75 Å². The summed E-state index contributed by atoms with van der Waals surface area (Å²) in [4.78, 5) is 40.6. The molecular weight excluding hydrogens is 414 g/mol. The average molecular weight is 434 g/mol. The van der Waals surface area contributed by atoms with E-state index in [1.165, 1.54) is 4.90 Å². The standard InChI is InChI=1S/C25H20ClNO4/c1-12-9-15(5-8-20(12)26)31-25(30)13-3-2-4-14(10-13)27-23(28)21-16-6-7-17(19-11-18(16)19)22(21)24(27)29/h2-10,16-19,21-22H,11H2,1H3. The summed E-state index contributed by atoms with van der Waals surface area (Å²) < 4.78 is 5.47. The van der Waals surface area contributed by atoms with Crippen molar-refractivity contribution in [3.8, 4) is 5.75 Å². The molecule has 2 aromatic rings. The number of imide groups is 1. The van der Waals surface area contributed by atoms with Gasteiger partial charge in [0.15, 0.2) is 0 Å². The number of rotatable bonds is 3. The van der Waals surface area contributed by atoms with Gasteiger partial charge in [0.25, 0.3) is 0 Å². The molecule has 4 aliphatic carbocycles. The molecular formula is C25H20ClNO4. The summed E-state index contributed by atoms with van der Waals surface area (Å²) in [5, 5.41) is 0.593. The van der Waals surface area contributed by atoms with Crippen LogP contribution < -0.4 is 9.64 Å². The first kappa shape index (κ1) is 18.8. The molecule has 5 nitrogen and oxygen atoms in total. The fourth-order valence-corrected chi connectivity index (χ4v) is 5.95. The number of hydrogen-bond acceptors (Lipinski definition) is 4. The Morgan fingerprint density at radius 3 is 2.32 bits per heavy atom. The summed E-state index contributed by atoms with van der Waals surface area (Å²) in [6.07, 6.45) is 5.43. The quantitative estimate of drug-likeness (QED) is 0.311. The molecule has 6 unspecified atom stereocenters. The van der Waals surface area contributed by atoms with Gasteiger partial charge in [0.2, 0.25) is 11.8 Å². The number of amides is 2. The van der Waals surface area contributed by atoms with Crippen LogP contribution in [0.3, 0.4) is 0 Å². The minimum Gasteiger partial charge on any atom is -0.423 e. The number of ether oxygens (including phenoxy) is 1. The van der Waals surface area contributed by atoms with Gasteiger partial charge in [0.05, 0.1) is 23.1 Å². The highest BCUT2D eigenvalue weighted by Crippen LogP contribution is 2.65. The molecule has 0 N–H and O–H groups in total. The Kier molecular flexibility index (Phi) is 3.97. The maximum atomic E-state index is 13.3. The van der Waals surface area contributed by atoms with Gasteiger partial charge in [0, 0.05) is 5.02 Å². The lowest BCUT2D eigenvalue weighted by Gasteiger charge is -2.37. The van der Waals surface area contributed by atoms with Crippen LogP contribution >= 0.6 is 11.6 Å². The molecule has 1 saturated heterocycles. The van der Waals surface area contributed by atoms with E-state index in [4.69, 9.17) is 16.3 Å². The summed E-state index contributed by atoms with van der Waals surface area (Å²) in [6, 6.07) is 11.5. The minimum atomic E-state index is -0.553. The number of hydrogen-bond donors (Lipinski definition) is 0. The monoisotopic (exact) mass is 433 g/mol. The topological polar surface area (TPSA) is 63.7 Å². The van der Waals surface area contributed by atoms with Crippen molar-refractivity contribution in [2.75, 3.05) is 4.90 Å². The lowest BCUT2D eigenvalue weighted by atomic mass is 9.63. The molecule has 2 bridgehead atoms. The SMILES string of the molecule is Cc1cc(OC(=O)c2cccc(N3C(=O)C4C5C=CC(C6CC56)C4C3=O)c2)ccc1Cl. The van der Waals surface area contributed by atoms with Crippen LogP contribution in [-0.4, -0.2) is 17.8 Å². The smallest absolute Gasteiger partial charge is 0.343 e. The highest BCUT2D eigenvalue weighted by atomic mass is 35.5. The van der Waals surface area contributed by atoms with Crippen LogP contribution in [0.5, 0.6) is 5.75 Å². The maximum absolute atomic E-state index is 13.3. The Bertz CT molecular complexity index is 1150. The Balaban J connectivity index is 1.28. The third kappa shape index (κ3) is 2.72. The second-order valence-corrected chi connectivity index (χ2v) is 9.42. The molecule has 1 heterocycles. The number of nitrogens with zero attached hydrogens (tertiary/aromatic N) is 1. The highest BCUT2D eigenvalue weighted by molar-refractivity contribution is 6.31. The van der Waals surface area contributed by atoms with Crippen molar-refractivity contribution in [3.63, 3.8) is 0 Å². The van der Waals surface area contributed by atoms with Gasteiger partial charge in [-0.25, -0.2) is 9.69 Å². The number of anilines is 1. The van der Waals surface area contributed by atoms with Gasteiger partial charge in [-0.15, -0.1) is 0 Å². The van der Waals surface area contributed by atoms with Crippen LogP contribution in [-0.2, 0) is 9.59 Å². The molecule has 7 rings (SSSR count). The maximum Gasteiger partial charge on any atom is 0.343 e. The number of aryl methyl sites for hydroxylation is 1. The van der Waals surface area contributed by atoms with E-state index in [-0.39, 0.29) is 41.0 Å². The van der Waals surface area contributed by atoms with E-state index in [1.54, 1.807) is 42.5 Å². The lowest BCUT2D eigenvalue weighted by Crippen LogP contribution is -2.40. The Morgan fingerprint density at radius 2 is 1.68 bits per heavy atom. The Labute approximate surface area is 184 Å². The fraction of sp³-hybridized carbons (Fsp3) is 0.320. The van der Waals surface area contributed by atoms with E-state index in [0.29, 0.717) is 28.3 Å². The molecule has 6 heteroatoms. The van der Waals surface area contributed by atoms with Gasteiger partial charge < -0.3 is 4.74 Å². The van der Waals surface area contributed by atoms with Gasteiger partial charge >= 0.3 is 5.97 Å². The molecule has 5 aliphatic rings. The molecule has 2 aromatic carbocycles. The van der Waals surface area contributed by atoms with Crippen LogP contribution in [0.4, 0.5) is 5.69 Å². The van der Waals surface area contributed by atoms with Crippen molar-refractivity contribution in [2.45, 2.75) is 13.3 Å². The number of benzene rings is 2. The van der Waals surface area contributed by atoms with E-state index >= 15 is 0 Å². The van der Waals surface area contributed by atoms with E-state index < -0.39 is 5.97 Å². The predicted molar refractivity (Wildman–Crippen MR) is 115 cm³/mol. The lowest BCUT2D eigenvalue weighted by molar-refractivity contribution is -0.124. The summed E-state index contributed by atoms with van der Waals surface area (Å²) in [5.41, 5.74) is 1.52. The Morgan fingerprint density at radius 1 is 1.00 bits per heavy atom. The van der Waals surface area contributed by atoms with Crippen molar-refractivity contribution in [1.82, 2.24) is 0 Å². The number of allylic oxidation sites excluding steroid dienone is 2. The fourth-order valence-electron chi connectivity index (χ4n) is 5.83. The van der Waals surface area contributed by atoms with Crippen molar-refractivity contribution in [3.05, 3.63) is 70.8 Å². The van der Waals surface area contributed by atoms with Crippen LogP contribution in [0.1, 0.15) is 22.3 Å². The third-order valence-electron chi connectivity index (χ3n) is 7.34. The number of carbonyl (C=O) groups excluding carboxylic acids is 3. The van der Waals surface area contributed by atoms with Gasteiger partial charge in [-0.1, -0.05) is 29.8 Å². The normalized spacial score (nSPS) is 32.1. The largest absolute Gasteiger partial charge is 0.423 e. The highest BCUT2D eigenvalue weighted by Gasteiger charge is 2.67. The predicted octanol–water partition coefficient (Wildman–Crippen LogP) is 4.43. The molecule has 6 atom stereocenters. The molecule has 0 spiro atoms. The van der Waals surface area contributed by atoms with E-state index in [1.807, 2.05) is 6.92 Å². The van der Waals surface area contributed by atoms with E-state index in [9.17, 15) is 14.4 Å². The van der Waals surface area contributed by atoms with E-state index in [0.717, 1.165) is 12.0 Å². The van der Waals surface area contributed by atoms with Crippen molar-refractivity contribution >= 4 is 35.1 Å². The van der Waals surface area contributed by atoms with Gasteiger partial charge in [-0.3, -0.25) is 9.59 Å². The van der Waals surface area contributed by atoms with Crippen molar-refractivity contribution < 1.29 is 19.1 Å². The molecule has 156 valence electrons. The van der Waals surface area contributed by atoms with Crippen molar-refractivity contribution in [2.24, 2.45) is 35.5 Å². The summed E-state index contributed by atoms with van der Waals surface area (Å²) in [5.74, 6) is 0.469. The first-order chi connectivity index (χ1) is 14.9. The van der Waals surface area contributed by atoms with Gasteiger partial charge in [-0.05, 0) is 79.0 Å². The second-order valence-electron chi connectivity index (χ2n) is 9.02.